The van der Waals surface area contributed by atoms with Crippen LogP contribution in [0.2, 0.25) is 5.02 Å². The number of amides is 2. The van der Waals surface area contributed by atoms with Gasteiger partial charge in [-0.2, -0.15) is 0 Å². The first-order valence-corrected chi connectivity index (χ1v) is 10.7. The topological polar surface area (TPSA) is 121 Å². The molecular formula is C20H22ClN7O2S. The molecule has 1 aromatic carbocycles. The molecule has 0 fully saturated rings. The summed E-state index contributed by atoms with van der Waals surface area (Å²) in [4.78, 5) is 36.5. The summed E-state index contributed by atoms with van der Waals surface area (Å²) < 4.78 is 0. The van der Waals surface area contributed by atoms with Gasteiger partial charge in [-0.3, -0.25) is 9.59 Å². The molecule has 0 saturated heterocycles. The predicted molar refractivity (Wildman–Crippen MR) is 122 cm³/mol. The average Bonchev–Trinajstić information content (AvgIpc) is 3.19. The number of rotatable bonds is 9. The molecule has 0 aliphatic rings. The second-order valence-corrected chi connectivity index (χ2v) is 8.03. The lowest BCUT2D eigenvalue weighted by Gasteiger charge is -2.08. The molecule has 0 radical (unpaired) electrons. The van der Waals surface area contributed by atoms with Gasteiger partial charge < -0.3 is 21.3 Å². The van der Waals surface area contributed by atoms with Gasteiger partial charge in [-0.05, 0) is 18.6 Å². The molecule has 31 heavy (non-hydrogen) atoms. The highest BCUT2D eigenvalue weighted by atomic mass is 35.5. The number of aromatic nitrogens is 3. The Kier molecular flexibility index (Phi) is 7.88. The van der Waals surface area contributed by atoms with Gasteiger partial charge in [0.1, 0.15) is 17.0 Å². The van der Waals surface area contributed by atoms with Gasteiger partial charge in [0.15, 0.2) is 5.13 Å². The summed E-state index contributed by atoms with van der Waals surface area (Å²) in [6, 6.07) is 7.23. The maximum Gasteiger partial charge on any atom is 0.267 e. The van der Waals surface area contributed by atoms with Crippen LogP contribution < -0.4 is 21.3 Å². The first kappa shape index (κ1) is 22.6. The molecule has 0 aliphatic carbocycles. The molecule has 0 aliphatic heterocycles. The first-order chi connectivity index (χ1) is 14.9. The Balaban J connectivity index is 1.57. The lowest BCUT2D eigenvalue weighted by Crippen LogP contribution is -2.30. The molecule has 2 heterocycles. The Morgan fingerprint density at radius 2 is 2.00 bits per heavy atom. The van der Waals surface area contributed by atoms with E-state index in [-0.39, 0.29) is 11.8 Å². The molecule has 0 atom stereocenters. The fourth-order valence-corrected chi connectivity index (χ4v) is 3.61. The van der Waals surface area contributed by atoms with Crippen molar-refractivity contribution in [2.75, 3.05) is 23.7 Å². The molecule has 4 N–H and O–H groups in total. The highest BCUT2D eigenvalue weighted by Crippen LogP contribution is 2.27. The second kappa shape index (κ2) is 10.8. The molecule has 162 valence electrons. The summed E-state index contributed by atoms with van der Waals surface area (Å²) in [6.45, 7) is 5.06. The molecule has 2 amide bonds. The van der Waals surface area contributed by atoms with Gasteiger partial charge in [0, 0.05) is 32.6 Å². The van der Waals surface area contributed by atoms with Gasteiger partial charge in [-0.1, -0.05) is 35.1 Å². The van der Waals surface area contributed by atoms with Crippen LogP contribution in [0.4, 0.5) is 16.6 Å². The Labute approximate surface area is 188 Å². The van der Waals surface area contributed by atoms with E-state index in [9.17, 15) is 9.59 Å². The van der Waals surface area contributed by atoms with Crippen LogP contribution in [-0.2, 0) is 11.3 Å². The van der Waals surface area contributed by atoms with Gasteiger partial charge >= 0.3 is 0 Å². The Hall–Kier alpha value is -3.08. The molecule has 11 heteroatoms. The summed E-state index contributed by atoms with van der Waals surface area (Å²) in [5, 5.41) is 12.8. The average molecular weight is 460 g/mol. The number of nitrogens with zero attached hydrogens (tertiary/aromatic N) is 3. The number of hydrogen-bond acceptors (Lipinski definition) is 8. The molecule has 9 nitrogen and oxygen atoms in total. The van der Waals surface area contributed by atoms with Crippen LogP contribution in [0.15, 0.2) is 36.8 Å². The fourth-order valence-electron chi connectivity index (χ4n) is 2.62. The van der Waals surface area contributed by atoms with Crippen molar-refractivity contribution in [3.05, 3.63) is 57.9 Å². The van der Waals surface area contributed by atoms with Crippen molar-refractivity contribution in [3.8, 4) is 0 Å². The predicted octanol–water partition coefficient (Wildman–Crippen LogP) is 3.12. The van der Waals surface area contributed by atoms with E-state index in [0.717, 1.165) is 11.3 Å². The van der Waals surface area contributed by atoms with Crippen molar-refractivity contribution in [2.45, 2.75) is 20.4 Å². The minimum Gasteiger partial charge on any atom is -0.355 e. The summed E-state index contributed by atoms with van der Waals surface area (Å²) in [5.41, 5.74) is 2.25. The number of benzene rings is 1. The monoisotopic (exact) mass is 459 g/mol. The van der Waals surface area contributed by atoms with Crippen LogP contribution in [0, 0.1) is 6.92 Å². The van der Waals surface area contributed by atoms with Crippen LogP contribution in [-0.4, -0.2) is 39.9 Å². The van der Waals surface area contributed by atoms with E-state index in [4.69, 9.17) is 11.6 Å². The van der Waals surface area contributed by atoms with Crippen LogP contribution in [0.25, 0.3) is 0 Å². The van der Waals surface area contributed by atoms with Gasteiger partial charge in [-0.15, -0.1) is 0 Å². The number of carbonyl (C=O) groups excluding carboxylic acids is 2. The molecule has 0 spiro atoms. The number of nitrogens with one attached hydrogen (secondary N) is 4. The molecule has 0 saturated carbocycles. The smallest absolute Gasteiger partial charge is 0.267 e. The SMILES string of the molecule is CC(=O)NCCNCc1cc(Nc2ncc(C(=O)Nc3c(C)cccc3Cl)s2)ncn1. The fraction of sp³-hybridized carbons (Fsp3) is 0.250. The third-order valence-electron chi connectivity index (χ3n) is 4.13. The van der Waals surface area contributed by atoms with E-state index in [0.29, 0.717) is 46.2 Å². The van der Waals surface area contributed by atoms with E-state index in [1.54, 1.807) is 12.1 Å². The van der Waals surface area contributed by atoms with Crippen molar-refractivity contribution < 1.29 is 9.59 Å². The van der Waals surface area contributed by atoms with E-state index < -0.39 is 0 Å². The Morgan fingerprint density at radius 1 is 1.16 bits per heavy atom. The minimum absolute atomic E-state index is 0.0613. The zero-order valence-electron chi connectivity index (χ0n) is 17.0. The van der Waals surface area contributed by atoms with Crippen LogP contribution in [0.1, 0.15) is 27.9 Å². The number of para-hydroxylation sites is 1. The van der Waals surface area contributed by atoms with Crippen molar-refractivity contribution in [1.82, 2.24) is 25.6 Å². The van der Waals surface area contributed by atoms with Crippen LogP contribution in [0.5, 0.6) is 0 Å². The largest absolute Gasteiger partial charge is 0.355 e. The van der Waals surface area contributed by atoms with Gasteiger partial charge in [0.25, 0.3) is 5.91 Å². The van der Waals surface area contributed by atoms with E-state index in [1.807, 2.05) is 19.1 Å². The van der Waals surface area contributed by atoms with Crippen molar-refractivity contribution in [3.63, 3.8) is 0 Å². The summed E-state index contributed by atoms with van der Waals surface area (Å²) >= 11 is 7.39. The number of halogens is 1. The zero-order valence-corrected chi connectivity index (χ0v) is 18.6. The second-order valence-electron chi connectivity index (χ2n) is 6.59. The highest BCUT2D eigenvalue weighted by Gasteiger charge is 2.14. The molecule has 0 bridgehead atoms. The van der Waals surface area contributed by atoms with Crippen LogP contribution >= 0.6 is 22.9 Å². The first-order valence-electron chi connectivity index (χ1n) is 9.48. The summed E-state index contributed by atoms with van der Waals surface area (Å²) in [5.74, 6) is 0.222. The Morgan fingerprint density at radius 3 is 2.77 bits per heavy atom. The van der Waals surface area contributed by atoms with E-state index >= 15 is 0 Å². The van der Waals surface area contributed by atoms with E-state index in [2.05, 4.69) is 36.2 Å². The quantitative estimate of drug-likeness (QED) is 0.363. The molecular weight excluding hydrogens is 438 g/mol. The summed E-state index contributed by atoms with van der Waals surface area (Å²) in [6.07, 6.45) is 2.95. The van der Waals surface area contributed by atoms with E-state index in [1.165, 1.54) is 30.8 Å². The lowest BCUT2D eigenvalue weighted by atomic mass is 10.2. The summed E-state index contributed by atoms with van der Waals surface area (Å²) in [7, 11) is 0. The molecule has 3 aromatic rings. The number of carbonyl (C=O) groups is 2. The molecule has 2 aromatic heterocycles. The third kappa shape index (κ3) is 6.71. The third-order valence-corrected chi connectivity index (χ3v) is 5.36. The maximum absolute atomic E-state index is 12.6. The van der Waals surface area contributed by atoms with Crippen LogP contribution in [0.3, 0.4) is 0 Å². The Bertz CT molecular complexity index is 1050. The number of aryl methyl sites for hydroxylation is 1. The maximum atomic E-state index is 12.6. The lowest BCUT2D eigenvalue weighted by molar-refractivity contribution is -0.118. The van der Waals surface area contributed by atoms with Gasteiger partial charge in [-0.25, -0.2) is 15.0 Å². The van der Waals surface area contributed by atoms with Crippen molar-refractivity contribution >= 4 is 51.4 Å². The molecule has 3 rings (SSSR count). The highest BCUT2D eigenvalue weighted by molar-refractivity contribution is 7.17. The zero-order chi connectivity index (χ0) is 22.2. The standard InChI is InChI=1S/C20H22ClN7O2S/c1-12-4-3-5-15(21)18(12)28-19(30)16-10-24-20(31-16)27-17-8-14(25-11-26-17)9-22-6-7-23-13(2)29/h3-5,8,10-11,22H,6-7,9H2,1-2H3,(H,23,29)(H,28,30)(H,24,25,26,27). The minimum atomic E-state index is -0.284. The van der Waals surface area contributed by atoms with Gasteiger partial charge in [0.2, 0.25) is 5.91 Å². The van der Waals surface area contributed by atoms with Gasteiger partial charge in [0.05, 0.1) is 22.6 Å². The number of thiazole rings is 1. The van der Waals surface area contributed by atoms with Crippen molar-refractivity contribution in [2.24, 2.45) is 0 Å². The number of hydrogen-bond donors (Lipinski definition) is 4. The normalized spacial score (nSPS) is 10.5. The molecule has 0 unspecified atom stereocenters. The van der Waals surface area contributed by atoms with Crippen molar-refractivity contribution in [1.29, 1.82) is 0 Å². The number of anilines is 3.